The molecular weight excluding hydrogens is 226 g/mol. The van der Waals surface area contributed by atoms with Crippen molar-refractivity contribution in [2.75, 3.05) is 13.2 Å². The Morgan fingerprint density at radius 3 is 2.39 bits per heavy atom. The van der Waals surface area contributed by atoms with E-state index in [9.17, 15) is 5.11 Å². The normalized spacial score (nSPS) is 12.1. The summed E-state index contributed by atoms with van der Waals surface area (Å²) >= 11 is 0. The van der Waals surface area contributed by atoms with Crippen molar-refractivity contribution < 1.29 is 9.84 Å². The van der Waals surface area contributed by atoms with Gasteiger partial charge in [-0.15, -0.1) is 0 Å². The van der Waals surface area contributed by atoms with Gasteiger partial charge in [-0.3, -0.25) is 0 Å². The Morgan fingerprint density at radius 2 is 1.72 bits per heavy atom. The third-order valence-corrected chi connectivity index (χ3v) is 2.81. The summed E-state index contributed by atoms with van der Waals surface area (Å²) in [5.74, 6) is 1.51. The zero-order valence-electron chi connectivity index (χ0n) is 10.1. The van der Waals surface area contributed by atoms with Crippen molar-refractivity contribution in [2.45, 2.75) is 5.92 Å². The third-order valence-electron chi connectivity index (χ3n) is 2.81. The van der Waals surface area contributed by atoms with Gasteiger partial charge in [0.15, 0.2) is 0 Å². The number of nitrogens with two attached hydrogens (primary N) is 1. The molecule has 2 aromatic carbocycles. The van der Waals surface area contributed by atoms with Crippen molar-refractivity contribution in [1.29, 1.82) is 0 Å². The number of aliphatic hydroxyl groups is 1. The predicted molar refractivity (Wildman–Crippen MR) is 71.8 cm³/mol. The van der Waals surface area contributed by atoms with Gasteiger partial charge in [-0.25, -0.2) is 0 Å². The van der Waals surface area contributed by atoms with E-state index >= 15 is 0 Å². The molecular formula is C15H17NO2. The third kappa shape index (κ3) is 3.09. The number of ether oxygens (including phenoxy) is 1. The molecule has 0 radical (unpaired) electrons. The monoisotopic (exact) mass is 243 g/mol. The lowest BCUT2D eigenvalue weighted by Gasteiger charge is -2.13. The highest BCUT2D eigenvalue weighted by molar-refractivity contribution is 5.35. The first-order valence-electron chi connectivity index (χ1n) is 5.97. The van der Waals surface area contributed by atoms with Gasteiger partial charge in [0.1, 0.15) is 11.5 Å². The molecule has 0 aliphatic carbocycles. The Labute approximate surface area is 107 Å². The molecule has 0 aliphatic heterocycles. The quantitative estimate of drug-likeness (QED) is 0.848. The van der Waals surface area contributed by atoms with Crippen molar-refractivity contribution in [1.82, 2.24) is 0 Å². The molecule has 0 unspecified atom stereocenters. The van der Waals surface area contributed by atoms with Crippen molar-refractivity contribution in [3.05, 3.63) is 60.2 Å². The second-order valence-corrected chi connectivity index (χ2v) is 4.10. The van der Waals surface area contributed by atoms with Gasteiger partial charge in [-0.2, -0.15) is 0 Å². The van der Waals surface area contributed by atoms with Gasteiger partial charge in [0, 0.05) is 12.5 Å². The van der Waals surface area contributed by atoms with Crippen LogP contribution in [0.2, 0.25) is 0 Å². The number of hydrogen-bond acceptors (Lipinski definition) is 3. The van der Waals surface area contributed by atoms with Gasteiger partial charge >= 0.3 is 0 Å². The highest BCUT2D eigenvalue weighted by Gasteiger charge is 2.09. The summed E-state index contributed by atoms with van der Waals surface area (Å²) in [6.07, 6.45) is 0. The topological polar surface area (TPSA) is 55.5 Å². The Morgan fingerprint density at radius 1 is 1.00 bits per heavy atom. The van der Waals surface area contributed by atoms with Crippen LogP contribution in [-0.2, 0) is 0 Å². The average molecular weight is 243 g/mol. The lowest BCUT2D eigenvalue weighted by atomic mass is 10.0. The van der Waals surface area contributed by atoms with E-state index in [4.69, 9.17) is 10.5 Å². The minimum Gasteiger partial charge on any atom is -0.457 e. The lowest BCUT2D eigenvalue weighted by molar-refractivity contribution is 0.267. The molecule has 3 N–H and O–H groups in total. The molecule has 1 atom stereocenters. The van der Waals surface area contributed by atoms with Crippen LogP contribution in [0.15, 0.2) is 54.6 Å². The zero-order valence-corrected chi connectivity index (χ0v) is 10.1. The maximum absolute atomic E-state index is 9.24. The van der Waals surface area contributed by atoms with Crippen LogP contribution in [0.1, 0.15) is 11.5 Å². The average Bonchev–Trinajstić information content (AvgIpc) is 2.42. The summed E-state index contributed by atoms with van der Waals surface area (Å²) in [6.45, 7) is 0.469. The summed E-state index contributed by atoms with van der Waals surface area (Å²) in [4.78, 5) is 0. The molecule has 2 aromatic rings. The summed E-state index contributed by atoms with van der Waals surface area (Å²) in [5, 5.41) is 9.24. The molecule has 0 fully saturated rings. The highest BCUT2D eigenvalue weighted by atomic mass is 16.5. The van der Waals surface area contributed by atoms with E-state index in [1.165, 1.54) is 0 Å². The van der Waals surface area contributed by atoms with Crippen LogP contribution >= 0.6 is 0 Å². The Bertz CT molecular complexity index is 481. The fourth-order valence-electron chi connectivity index (χ4n) is 1.77. The molecule has 2 rings (SSSR count). The minimum absolute atomic E-state index is 0.0377. The molecule has 0 aromatic heterocycles. The molecule has 0 saturated carbocycles. The van der Waals surface area contributed by atoms with Crippen LogP contribution < -0.4 is 10.5 Å². The van der Waals surface area contributed by atoms with E-state index < -0.39 is 0 Å². The predicted octanol–water partition coefficient (Wildman–Crippen LogP) is 2.51. The van der Waals surface area contributed by atoms with Gasteiger partial charge in [-0.1, -0.05) is 30.3 Å². The van der Waals surface area contributed by atoms with Crippen molar-refractivity contribution >= 4 is 0 Å². The second kappa shape index (κ2) is 6.19. The van der Waals surface area contributed by atoms with E-state index in [0.29, 0.717) is 6.54 Å². The van der Waals surface area contributed by atoms with Gasteiger partial charge in [0.05, 0.1) is 6.61 Å². The Balaban J connectivity index is 2.17. The maximum Gasteiger partial charge on any atom is 0.127 e. The van der Waals surface area contributed by atoms with E-state index in [2.05, 4.69) is 0 Å². The molecule has 0 spiro atoms. The maximum atomic E-state index is 9.24. The first-order chi connectivity index (χ1) is 8.83. The van der Waals surface area contributed by atoms with Crippen molar-refractivity contribution in [3.63, 3.8) is 0 Å². The standard InChI is InChI=1S/C15H17NO2/c16-10-13(11-17)12-5-4-8-15(9-12)18-14-6-2-1-3-7-14/h1-9,13,17H,10-11,16H2/t13-/m1/s1. The molecule has 0 amide bonds. The molecule has 0 bridgehead atoms. The van der Waals surface area contributed by atoms with Gasteiger partial charge in [-0.05, 0) is 29.8 Å². The highest BCUT2D eigenvalue weighted by Crippen LogP contribution is 2.24. The molecule has 0 saturated heterocycles. The Hall–Kier alpha value is -1.84. The van der Waals surface area contributed by atoms with Crippen LogP contribution in [0, 0.1) is 0 Å². The number of hydrogen-bond donors (Lipinski definition) is 2. The molecule has 94 valence electrons. The van der Waals surface area contributed by atoms with Crippen molar-refractivity contribution in [3.8, 4) is 11.5 Å². The smallest absolute Gasteiger partial charge is 0.127 e. The van der Waals surface area contributed by atoms with Gasteiger partial charge in [0.25, 0.3) is 0 Å². The lowest BCUT2D eigenvalue weighted by Crippen LogP contribution is -2.15. The summed E-state index contributed by atoms with van der Waals surface area (Å²) in [6, 6.07) is 17.3. The molecule has 18 heavy (non-hydrogen) atoms. The van der Waals surface area contributed by atoms with Crippen LogP contribution in [0.5, 0.6) is 11.5 Å². The first kappa shape index (κ1) is 12.6. The largest absolute Gasteiger partial charge is 0.457 e. The zero-order chi connectivity index (χ0) is 12.8. The number of rotatable bonds is 5. The summed E-state index contributed by atoms with van der Waals surface area (Å²) in [7, 11) is 0. The van der Waals surface area contributed by atoms with E-state index in [1.54, 1.807) is 0 Å². The Kier molecular flexibility index (Phi) is 4.34. The number of aliphatic hydroxyl groups excluding tert-OH is 1. The first-order valence-corrected chi connectivity index (χ1v) is 5.97. The van der Waals surface area contributed by atoms with Gasteiger partial charge in [0.2, 0.25) is 0 Å². The molecule has 3 heteroatoms. The SMILES string of the molecule is NC[C@H](CO)c1cccc(Oc2ccccc2)c1. The summed E-state index contributed by atoms with van der Waals surface area (Å²) in [5.41, 5.74) is 6.61. The summed E-state index contributed by atoms with van der Waals surface area (Å²) < 4.78 is 5.74. The van der Waals surface area contributed by atoms with Gasteiger partial charge < -0.3 is 15.6 Å². The number of benzene rings is 2. The van der Waals surface area contributed by atoms with E-state index in [0.717, 1.165) is 17.1 Å². The molecule has 0 aliphatic rings. The molecule has 0 heterocycles. The second-order valence-electron chi connectivity index (χ2n) is 4.10. The molecule has 3 nitrogen and oxygen atoms in total. The van der Waals surface area contributed by atoms with Crippen molar-refractivity contribution in [2.24, 2.45) is 5.73 Å². The fraction of sp³-hybridized carbons (Fsp3) is 0.200. The van der Waals surface area contributed by atoms with Crippen LogP contribution in [0.4, 0.5) is 0 Å². The van der Waals surface area contributed by atoms with Crippen LogP contribution in [-0.4, -0.2) is 18.3 Å². The number of para-hydroxylation sites is 1. The van der Waals surface area contributed by atoms with E-state index in [1.807, 2.05) is 54.6 Å². The fourth-order valence-corrected chi connectivity index (χ4v) is 1.77. The van der Waals surface area contributed by atoms with E-state index in [-0.39, 0.29) is 12.5 Å². The van der Waals surface area contributed by atoms with Crippen LogP contribution in [0.25, 0.3) is 0 Å². The minimum atomic E-state index is -0.0377. The van der Waals surface area contributed by atoms with Crippen LogP contribution in [0.3, 0.4) is 0 Å².